The average Bonchev–Trinajstić information content (AvgIpc) is 3.64. The van der Waals surface area contributed by atoms with Gasteiger partial charge in [-0.3, -0.25) is 14.4 Å². The maximum absolute atomic E-state index is 13.8. The number of carboxylic acid groups (broad SMARTS) is 1. The summed E-state index contributed by atoms with van der Waals surface area (Å²) in [4.78, 5) is 56.9. The Morgan fingerprint density at radius 3 is 2.40 bits per heavy atom. The average molecular weight is 577 g/mol. The fourth-order valence-electron chi connectivity index (χ4n) is 5.48. The molecule has 1 aromatic heterocycles. The minimum atomic E-state index is -1.07. The van der Waals surface area contributed by atoms with Gasteiger partial charge in [0.25, 0.3) is 0 Å². The van der Waals surface area contributed by atoms with Crippen molar-refractivity contribution in [3.8, 4) is 0 Å². The molecule has 8 N–H and O–H groups in total. The molecule has 2 heterocycles. The number of rotatable bonds is 14. The van der Waals surface area contributed by atoms with Gasteiger partial charge >= 0.3 is 5.97 Å². The number of para-hydroxylation sites is 1. The third-order valence-corrected chi connectivity index (χ3v) is 7.75. The van der Waals surface area contributed by atoms with E-state index in [9.17, 15) is 24.3 Å². The standard InChI is InChI=1S/C31H40N6O5/c32-15-7-6-13-25(35-28(38)23(33)17-20-9-2-1-3-10-20)29(39)36-26(30(40)37-16-8-14-27(37)31(41)42)18-21-19-34-24-12-5-4-11-22(21)24/h1-5,9-12,19,23,25-27,34H,6-8,13-18,32-33H2,(H,35,38)(H,36,39)(H,41,42). The van der Waals surface area contributed by atoms with E-state index in [1.807, 2.05) is 54.6 Å². The minimum absolute atomic E-state index is 0.147. The molecule has 4 rings (SSSR count). The third-order valence-electron chi connectivity index (χ3n) is 7.75. The highest BCUT2D eigenvalue weighted by Crippen LogP contribution is 2.23. The molecule has 3 aromatic rings. The first-order valence-corrected chi connectivity index (χ1v) is 14.5. The number of aromatic amines is 1. The number of hydrogen-bond donors (Lipinski definition) is 6. The van der Waals surface area contributed by atoms with Gasteiger partial charge in [0.05, 0.1) is 6.04 Å². The second-order valence-corrected chi connectivity index (χ2v) is 10.8. The van der Waals surface area contributed by atoms with Crippen LogP contribution in [-0.4, -0.2) is 75.9 Å². The van der Waals surface area contributed by atoms with E-state index in [2.05, 4.69) is 15.6 Å². The SMILES string of the molecule is NCCCCC(NC(=O)C(N)Cc1ccccc1)C(=O)NC(Cc1c[nH]c2ccccc12)C(=O)N1CCCC1C(=O)O. The molecule has 0 spiro atoms. The number of unbranched alkanes of at least 4 members (excludes halogenated alkanes) is 1. The van der Waals surface area contributed by atoms with Crippen LogP contribution >= 0.6 is 0 Å². The maximum Gasteiger partial charge on any atom is 0.326 e. The van der Waals surface area contributed by atoms with Crippen LogP contribution in [-0.2, 0) is 32.0 Å². The highest BCUT2D eigenvalue weighted by molar-refractivity contribution is 5.95. The Morgan fingerprint density at radius 2 is 1.67 bits per heavy atom. The topological polar surface area (TPSA) is 184 Å². The van der Waals surface area contributed by atoms with E-state index >= 15 is 0 Å². The van der Waals surface area contributed by atoms with Crippen molar-refractivity contribution in [3.63, 3.8) is 0 Å². The molecule has 1 saturated heterocycles. The molecule has 11 nitrogen and oxygen atoms in total. The van der Waals surface area contributed by atoms with Gasteiger partial charge in [-0.25, -0.2) is 4.79 Å². The van der Waals surface area contributed by atoms with Crippen molar-refractivity contribution in [3.05, 3.63) is 71.9 Å². The number of likely N-dealkylation sites (tertiary alicyclic amines) is 1. The zero-order valence-electron chi connectivity index (χ0n) is 23.6. The molecule has 0 bridgehead atoms. The van der Waals surface area contributed by atoms with Crippen LogP contribution in [0.2, 0.25) is 0 Å². The number of carbonyl (C=O) groups excluding carboxylic acids is 3. The molecule has 4 unspecified atom stereocenters. The van der Waals surface area contributed by atoms with Crippen LogP contribution in [0.4, 0.5) is 0 Å². The van der Waals surface area contributed by atoms with E-state index in [1.54, 1.807) is 6.20 Å². The van der Waals surface area contributed by atoms with E-state index in [1.165, 1.54) is 4.90 Å². The minimum Gasteiger partial charge on any atom is -0.480 e. The number of carboxylic acids is 1. The first kappa shape index (κ1) is 30.7. The molecule has 1 fully saturated rings. The Hall–Kier alpha value is -4.22. The molecule has 0 saturated carbocycles. The molecule has 2 aromatic carbocycles. The number of H-pyrrole nitrogens is 1. The highest BCUT2D eigenvalue weighted by atomic mass is 16.4. The quantitative estimate of drug-likeness (QED) is 0.157. The van der Waals surface area contributed by atoms with Crippen molar-refractivity contribution >= 4 is 34.6 Å². The number of aromatic nitrogens is 1. The number of nitrogens with one attached hydrogen (secondary N) is 3. The highest BCUT2D eigenvalue weighted by Gasteiger charge is 2.38. The third kappa shape index (κ3) is 7.74. The summed E-state index contributed by atoms with van der Waals surface area (Å²) in [6, 6.07) is 13.2. The van der Waals surface area contributed by atoms with Gasteiger partial charge in [-0.2, -0.15) is 0 Å². The van der Waals surface area contributed by atoms with Crippen LogP contribution in [0.1, 0.15) is 43.2 Å². The number of fused-ring (bicyclic) bond motifs is 1. The summed E-state index contributed by atoms with van der Waals surface area (Å²) in [7, 11) is 0. The lowest BCUT2D eigenvalue weighted by atomic mass is 10.0. The number of nitrogens with two attached hydrogens (primary N) is 2. The summed E-state index contributed by atoms with van der Waals surface area (Å²) in [5.74, 6) is -2.54. The van der Waals surface area contributed by atoms with Gasteiger partial charge in [0.1, 0.15) is 18.1 Å². The van der Waals surface area contributed by atoms with Crippen LogP contribution in [0.5, 0.6) is 0 Å². The summed E-state index contributed by atoms with van der Waals surface area (Å²) in [5, 5.41) is 16.2. The van der Waals surface area contributed by atoms with Crippen molar-refractivity contribution in [2.45, 2.75) is 69.1 Å². The number of nitrogens with zero attached hydrogens (tertiary/aromatic N) is 1. The first-order valence-electron chi connectivity index (χ1n) is 14.5. The molecule has 3 amide bonds. The predicted molar refractivity (Wildman–Crippen MR) is 159 cm³/mol. The van der Waals surface area contributed by atoms with Crippen LogP contribution in [0, 0.1) is 0 Å². The maximum atomic E-state index is 13.8. The van der Waals surface area contributed by atoms with Crippen LogP contribution in [0.3, 0.4) is 0 Å². The molecule has 42 heavy (non-hydrogen) atoms. The van der Waals surface area contributed by atoms with Crippen molar-refractivity contribution in [2.24, 2.45) is 11.5 Å². The van der Waals surface area contributed by atoms with Gasteiger partial charge in [-0.05, 0) is 62.3 Å². The number of aliphatic carboxylic acids is 1. The lowest BCUT2D eigenvalue weighted by Crippen LogP contribution is -2.57. The largest absolute Gasteiger partial charge is 0.480 e. The Labute approximate surface area is 245 Å². The lowest BCUT2D eigenvalue weighted by Gasteiger charge is -2.29. The van der Waals surface area contributed by atoms with Gasteiger partial charge in [0, 0.05) is 30.1 Å². The van der Waals surface area contributed by atoms with E-state index in [4.69, 9.17) is 11.5 Å². The Bertz CT molecular complexity index is 1380. The Kier molecular flexibility index (Phi) is 10.7. The predicted octanol–water partition coefficient (Wildman–Crippen LogP) is 1.45. The van der Waals surface area contributed by atoms with Gasteiger partial charge in [-0.15, -0.1) is 0 Å². The molecule has 0 aliphatic carbocycles. The van der Waals surface area contributed by atoms with Gasteiger partial charge < -0.3 is 37.1 Å². The molecule has 11 heteroatoms. The van der Waals surface area contributed by atoms with Crippen molar-refractivity contribution in [1.29, 1.82) is 0 Å². The summed E-state index contributed by atoms with van der Waals surface area (Å²) < 4.78 is 0. The molecule has 0 radical (unpaired) electrons. The zero-order chi connectivity index (χ0) is 30.1. The number of carbonyl (C=O) groups is 4. The monoisotopic (exact) mass is 576 g/mol. The smallest absolute Gasteiger partial charge is 0.326 e. The number of benzene rings is 2. The lowest BCUT2D eigenvalue weighted by molar-refractivity contribution is -0.149. The zero-order valence-corrected chi connectivity index (χ0v) is 23.6. The van der Waals surface area contributed by atoms with E-state index in [-0.39, 0.29) is 6.42 Å². The van der Waals surface area contributed by atoms with Crippen molar-refractivity contribution < 1.29 is 24.3 Å². The summed E-state index contributed by atoms with van der Waals surface area (Å²) in [6.07, 6.45) is 4.70. The van der Waals surface area contributed by atoms with Gasteiger partial charge in [0.2, 0.25) is 17.7 Å². The summed E-state index contributed by atoms with van der Waals surface area (Å²) in [6.45, 7) is 0.726. The van der Waals surface area contributed by atoms with Gasteiger partial charge in [0.15, 0.2) is 0 Å². The van der Waals surface area contributed by atoms with E-state index < -0.39 is 47.9 Å². The first-order chi connectivity index (χ1) is 20.3. The van der Waals surface area contributed by atoms with Crippen LogP contribution in [0.15, 0.2) is 60.8 Å². The van der Waals surface area contributed by atoms with Crippen molar-refractivity contribution in [1.82, 2.24) is 20.5 Å². The number of hydrogen-bond acceptors (Lipinski definition) is 6. The van der Waals surface area contributed by atoms with E-state index in [0.29, 0.717) is 51.6 Å². The Balaban J connectivity index is 1.54. The molecular weight excluding hydrogens is 536 g/mol. The fraction of sp³-hybridized carbons (Fsp3) is 0.419. The molecular formula is C31H40N6O5. The normalized spacial score (nSPS) is 17.0. The molecule has 4 atom stereocenters. The summed E-state index contributed by atoms with van der Waals surface area (Å²) in [5.41, 5.74) is 14.4. The molecule has 224 valence electrons. The molecule has 1 aliphatic rings. The number of amides is 3. The van der Waals surface area contributed by atoms with Crippen LogP contribution < -0.4 is 22.1 Å². The molecule has 1 aliphatic heterocycles. The fourth-order valence-corrected chi connectivity index (χ4v) is 5.48. The van der Waals surface area contributed by atoms with Crippen molar-refractivity contribution in [2.75, 3.05) is 13.1 Å². The van der Waals surface area contributed by atoms with Gasteiger partial charge in [-0.1, -0.05) is 48.5 Å². The second-order valence-electron chi connectivity index (χ2n) is 10.8. The summed E-state index contributed by atoms with van der Waals surface area (Å²) >= 11 is 0. The Morgan fingerprint density at radius 1 is 0.952 bits per heavy atom. The van der Waals surface area contributed by atoms with E-state index in [0.717, 1.165) is 22.0 Å². The second kappa shape index (κ2) is 14.6. The van der Waals surface area contributed by atoms with Crippen LogP contribution in [0.25, 0.3) is 10.9 Å².